The third-order valence-electron chi connectivity index (χ3n) is 0.928. The Kier molecular flexibility index (Phi) is 5.91. The molecule has 0 amide bonds. The number of rotatable bonds is 5. The molecule has 0 fully saturated rings. The summed E-state index contributed by atoms with van der Waals surface area (Å²) in [4.78, 5) is 19.5. The smallest absolute Gasteiger partial charge is 0.432 e. The van der Waals surface area contributed by atoms with Gasteiger partial charge in [-0.25, -0.2) is 9.68 Å². The van der Waals surface area contributed by atoms with Gasteiger partial charge in [-0.1, -0.05) is 6.08 Å². The average molecular weight is 204 g/mol. The van der Waals surface area contributed by atoms with Crippen LogP contribution in [0.2, 0.25) is 0 Å². The number of carbonyl (C=O) groups is 1. The lowest BCUT2D eigenvalue weighted by atomic mass is 10.2. The molecular formula is C9H16O5. The van der Waals surface area contributed by atoms with E-state index in [0.717, 1.165) is 0 Å². The molecule has 0 aliphatic heterocycles. The molecule has 0 saturated heterocycles. The summed E-state index contributed by atoms with van der Waals surface area (Å²) < 4.78 is 4.56. The summed E-state index contributed by atoms with van der Waals surface area (Å²) in [5, 5.41) is 4.19. The van der Waals surface area contributed by atoms with Gasteiger partial charge in [0.25, 0.3) is 0 Å². The summed E-state index contributed by atoms with van der Waals surface area (Å²) in [5.74, 6) is 0. The maximum atomic E-state index is 10.7. The van der Waals surface area contributed by atoms with Crippen molar-refractivity contribution in [2.45, 2.75) is 32.8 Å². The molecule has 0 saturated carbocycles. The minimum atomic E-state index is -0.934. The molecular weight excluding hydrogens is 188 g/mol. The van der Waals surface area contributed by atoms with E-state index in [2.05, 4.69) is 26.1 Å². The van der Waals surface area contributed by atoms with Crippen molar-refractivity contribution in [1.82, 2.24) is 0 Å². The average Bonchev–Trinajstić information content (AvgIpc) is 2.02. The van der Waals surface area contributed by atoms with Crippen LogP contribution in [-0.4, -0.2) is 18.4 Å². The van der Waals surface area contributed by atoms with Crippen LogP contribution in [0.15, 0.2) is 12.7 Å². The fraction of sp³-hybridized carbons (Fsp3) is 0.667. The molecule has 0 spiro atoms. The largest absolute Gasteiger partial charge is 0.542 e. The normalized spacial score (nSPS) is 10.8. The fourth-order valence-electron chi connectivity index (χ4n) is 0.396. The number of carbonyl (C=O) groups excluding carboxylic acids is 1. The van der Waals surface area contributed by atoms with Gasteiger partial charge in [-0.2, -0.15) is 4.89 Å². The van der Waals surface area contributed by atoms with Crippen molar-refractivity contribution in [1.29, 1.82) is 0 Å². The molecule has 0 aromatic rings. The van der Waals surface area contributed by atoms with Gasteiger partial charge in [0.05, 0.1) is 12.2 Å². The zero-order valence-corrected chi connectivity index (χ0v) is 8.74. The maximum absolute atomic E-state index is 10.7. The van der Waals surface area contributed by atoms with Crippen molar-refractivity contribution in [2.24, 2.45) is 0 Å². The third kappa shape index (κ3) is 9.02. The van der Waals surface area contributed by atoms with Crippen molar-refractivity contribution in [3.63, 3.8) is 0 Å². The third-order valence-corrected chi connectivity index (χ3v) is 0.928. The van der Waals surface area contributed by atoms with Crippen LogP contribution < -0.4 is 0 Å². The van der Waals surface area contributed by atoms with E-state index in [1.54, 1.807) is 26.8 Å². The van der Waals surface area contributed by atoms with Crippen LogP contribution in [0.3, 0.4) is 0 Å². The van der Waals surface area contributed by atoms with Gasteiger partial charge in [-0.15, -0.1) is 6.58 Å². The summed E-state index contributed by atoms with van der Waals surface area (Å²) in [6.07, 6.45) is 1.26. The molecule has 0 unspecified atom stereocenters. The number of hydrogen-bond acceptors (Lipinski definition) is 5. The van der Waals surface area contributed by atoms with Gasteiger partial charge in [0, 0.05) is 0 Å². The first-order chi connectivity index (χ1) is 6.45. The molecule has 14 heavy (non-hydrogen) atoms. The predicted octanol–water partition coefficient (Wildman–Crippen LogP) is 2.38. The van der Waals surface area contributed by atoms with Crippen molar-refractivity contribution in [2.75, 3.05) is 6.61 Å². The summed E-state index contributed by atoms with van der Waals surface area (Å²) in [7, 11) is 0. The molecule has 5 nitrogen and oxygen atoms in total. The summed E-state index contributed by atoms with van der Waals surface area (Å²) in [5.41, 5.74) is -0.540. The van der Waals surface area contributed by atoms with Crippen LogP contribution in [0.5, 0.6) is 0 Å². The first-order valence-corrected chi connectivity index (χ1v) is 4.26. The molecule has 0 aliphatic carbocycles. The van der Waals surface area contributed by atoms with Gasteiger partial charge in [-0.05, 0) is 32.2 Å². The molecule has 0 rings (SSSR count). The topological polar surface area (TPSA) is 54.0 Å². The van der Waals surface area contributed by atoms with Crippen LogP contribution in [0.1, 0.15) is 27.2 Å². The minimum Gasteiger partial charge on any atom is -0.432 e. The van der Waals surface area contributed by atoms with Crippen LogP contribution in [0.4, 0.5) is 4.79 Å². The zero-order chi connectivity index (χ0) is 11.0. The van der Waals surface area contributed by atoms with Gasteiger partial charge in [0.15, 0.2) is 0 Å². The maximum Gasteiger partial charge on any atom is 0.542 e. The van der Waals surface area contributed by atoms with E-state index in [-0.39, 0.29) is 6.61 Å². The van der Waals surface area contributed by atoms with Crippen molar-refractivity contribution < 1.29 is 24.3 Å². The van der Waals surface area contributed by atoms with E-state index in [0.29, 0.717) is 6.42 Å². The van der Waals surface area contributed by atoms with Crippen LogP contribution in [-0.2, 0) is 19.6 Å². The molecule has 0 N–H and O–H groups in total. The Hall–Kier alpha value is -1.07. The van der Waals surface area contributed by atoms with Gasteiger partial charge in [-0.3, -0.25) is 0 Å². The van der Waals surface area contributed by atoms with Crippen molar-refractivity contribution >= 4 is 6.16 Å². The molecule has 0 aromatic heterocycles. The molecule has 0 radical (unpaired) electrons. The zero-order valence-electron chi connectivity index (χ0n) is 8.74. The lowest BCUT2D eigenvalue weighted by Gasteiger charge is -2.14. The molecule has 82 valence electrons. The Morgan fingerprint density at radius 2 is 2.07 bits per heavy atom. The molecule has 0 atom stereocenters. The monoisotopic (exact) mass is 204 g/mol. The molecule has 0 aromatic carbocycles. The molecule has 0 heterocycles. The second-order valence-electron chi connectivity index (χ2n) is 3.52. The van der Waals surface area contributed by atoms with Crippen LogP contribution >= 0.6 is 0 Å². The molecule has 0 bridgehead atoms. The van der Waals surface area contributed by atoms with Gasteiger partial charge in [0.2, 0.25) is 0 Å². The highest BCUT2D eigenvalue weighted by molar-refractivity contribution is 5.58. The highest BCUT2D eigenvalue weighted by Gasteiger charge is 2.14. The van der Waals surface area contributed by atoms with Gasteiger partial charge < -0.3 is 4.74 Å². The minimum absolute atomic E-state index is 0.210. The Labute approximate surface area is 83.4 Å². The van der Waals surface area contributed by atoms with Crippen molar-refractivity contribution in [3.05, 3.63) is 12.7 Å². The standard InChI is InChI=1S/C9H16O5/c1-5-6-7-11-8(10)12-14-13-9(2,3)4/h5H,1,6-7H2,2-4H3. The lowest BCUT2D eigenvalue weighted by molar-refractivity contribution is -0.514. The highest BCUT2D eigenvalue weighted by Crippen LogP contribution is 2.07. The Bertz CT molecular complexity index is 182. The Morgan fingerprint density at radius 3 is 2.57 bits per heavy atom. The van der Waals surface area contributed by atoms with E-state index in [1.165, 1.54) is 0 Å². The van der Waals surface area contributed by atoms with Gasteiger partial charge in [0.1, 0.15) is 0 Å². The van der Waals surface area contributed by atoms with E-state index >= 15 is 0 Å². The molecule has 0 aliphatic rings. The predicted molar refractivity (Wildman–Crippen MR) is 49.2 cm³/mol. The second kappa shape index (κ2) is 6.39. The van der Waals surface area contributed by atoms with Crippen LogP contribution in [0.25, 0.3) is 0 Å². The lowest BCUT2D eigenvalue weighted by Crippen LogP contribution is -2.21. The van der Waals surface area contributed by atoms with Crippen molar-refractivity contribution in [3.8, 4) is 0 Å². The Balaban J connectivity index is 3.40. The Morgan fingerprint density at radius 1 is 1.43 bits per heavy atom. The summed E-state index contributed by atoms with van der Waals surface area (Å²) in [6.45, 7) is 8.92. The van der Waals surface area contributed by atoms with E-state index in [4.69, 9.17) is 0 Å². The SMILES string of the molecule is C=CCCOC(=O)OOOC(C)(C)C. The first kappa shape index (κ1) is 12.9. The fourth-order valence-corrected chi connectivity index (χ4v) is 0.396. The van der Waals surface area contributed by atoms with E-state index in [1.807, 2.05) is 0 Å². The number of ether oxygens (including phenoxy) is 1. The first-order valence-electron chi connectivity index (χ1n) is 4.26. The quantitative estimate of drug-likeness (QED) is 0.226. The number of hydrogen-bond donors (Lipinski definition) is 0. The highest BCUT2D eigenvalue weighted by atomic mass is 17.5. The van der Waals surface area contributed by atoms with Crippen LogP contribution in [0, 0.1) is 0 Å². The van der Waals surface area contributed by atoms with E-state index < -0.39 is 11.8 Å². The second-order valence-corrected chi connectivity index (χ2v) is 3.52. The van der Waals surface area contributed by atoms with Gasteiger partial charge >= 0.3 is 6.16 Å². The summed E-state index contributed by atoms with van der Waals surface area (Å²) >= 11 is 0. The molecule has 5 heteroatoms. The summed E-state index contributed by atoms with van der Waals surface area (Å²) in [6, 6.07) is 0. The van der Waals surface area contributed by atoms with E-state index in [9.17, 15) is 4.79 Å².